The zero-order valence-electron chi connectivity index (χ0n) is 15.0. The van der Waals surface area contributed by atoms with Gasteiger partial charge in [0.1, 0.15) is 13.2 Å². The molecule has 0 bridgehead atoms. The number of benzene rings is 1. The maximum Gasteiger partial charge on any atom is 0.289 e. The highest BCUT2D eigenvalue weighted by atomic mass is 16.6. The number of furan rings is 1. The lowest BCUT2D eigenvalue weighted by atomic mass is 9.96. The van der Waals surface area contributed by atoms with Crippen LogP contribution in [0, 0.1) is 5.92 Å². The Balaban J connectivity index is 1.33. The van der Waals surface area contributed by atoms with Crippen LogP contribution in [0.4, 0.5) is 0 Å². The summed E-state index contributed by atoms with van der Waals surface area (Å²) in [5, 5.41) is 2.97. The molecule has 7 heteroatoms. The van der Waals surface area contributed by atoms with Gasteiger partial charge in [-0.15, -0.1) is 0 Å². The smallest absolute Gasteiger partial charge is 0.289 e. The van der Waals surface area contributed by atoms with E-state index in [0.29, 0.717) is 44.4 Å². The fraction of sp³-hybridized carbons (Fsp3) is 0.400. The summed E-state index contributed by atoms with van der Waals surface area (Å²) in [7, 11) is 0. The summed E-state index contributed by atoms with van der Waals surface area (Å²) in [6.07, 6.45) is 3.05. The van der Waals surface area contributed by atoms with Gasteiger partial charge in [-0.1, -0.05) is 6.07 Å². The van der Waals surface area contributed by atoms with Crippen molar-refractivity contribution in [2.45, 2.75) is 19.4 Å². The fourth-order valence-electron chi connectivity index (χ4n) is 3.46. The highest BCUT2D eigenvalue weighted by Crippen LogP contribution is 2.30. The van der Waals surface area contributed by atoms with Crippen molar-refractivity contribution in [2.24, 2.45) is 5.92 Å². The van der Waals surface area contributed by atoms with E-state index in [0.717, 1.165) is 24.2 Å². The summed E-state index contributed by atoms with van der Waals surface area (Å²) in [6.45, 7) is 2.55. The van der Waals surface area contributed by atoms with Gasteiger partial charge in [-0.05, 0) is 42.7 Å². The fourth-order valence-corrected chi connectivity index (χ4v) is 3.46. The van der Waals surface area contributed by atoms with Gasteiger partial charge in [0, 0.05) is 19.6 Å². The van der Waals surface area contributed by atoms with Crippen LogP contribution in [0.1, 0.15) is 29.0 Å². The summed E-state index contributed by atoms with van der Waals surface area (Å²) in [6, 6.07) is 9.01. The van der Waals surface area contributed by atoms with Crippen LogP contribution in [-0.4, -0.2) is 43.0 Å². The lowest BCUT2D eigenvalue weighted by Crippen LogP contribution is -2.45. The van der Waals surface area contributed by atoms with E-state index in [9.17, 15) is 9.59 Å². The average Bonchev–Trinajstić information content (AvgIpc) is 3.26. The SMILES string of the molecule is O=C(NCc1ccc2c(c1)OCCO2)C1CCCN(C(=O)c2ccco2)C1. The third-order valence-corrected chi connectivity index (χ3v) is 4.88. The van der Waals surface area contributed by atoms with E-state index >= 15 is 0 Å². The quantitative estimate of drug-likeness (QED) is 0.893. The first-order valence-corrected chi connectivity index (χ1v) is 9.20. The van der Waals surface area contributed by atoms with Crippen LogP contribution in [0.2, 0.25) is 0 Å². The molecule has 27 heavy (non-hydrogen) atoms. The van der Waals surface area contributed by atoms with Crippen LogP contribution in [0.25, 0.3) is 0 Å². The predicted octanol–water partition coefficient (Wildman–Crippen LogP) is 2.22. The Morgan fingerprint density at radius 1 is 1.15 bits per heavy atom. The molecular formula is C20H22N2O5. The average molecular weight is 370 g/mol. The second kappa shape index (κ2) is 7.73. The molecule has 0 aliphatic carbocycles. The molecule has 1 unspecified atom stereocenters. The van der Waals surface area contributed by atoms with Crippen molar-refractivity contribution in [2.75, 3.05) is 26.3 Å². The molecule has 4 rings (SSSR count). The van der Waals surface area contributed by atoms with Gasteiger partial charge < -0.3 is 24.1 Å². The van der Waals surface area contributed by atoms with Crippen molar-refractivity contribution in [3.8, 4) is 11.5 Å². The van der Waals surface area contributed by atoms with Crippen LogP contribution in [0.5, 0.6) is 11.5 Å². The highest BCUT2D eigenvalue weighted by molar-refractivity contribution is 5.92. The van der Waals surface area contributed by atoms with Gasteiger partial charge in [-0.3, -0.25) is 9.59 Å². The van der Waals surface area contributed by atoms with Crippen molar-refractivity contribution in [3.63, 3.8) is 0 Å². The Morgan fingerprint density at radius 2 is 2.00 bits per heavy atom. The van der Waals surface area contributed by atoms with Crippen molar-refractivity contribution in [1.29, 1.82) is 0 Å². The van der Waals surface area contributed by atoms with Crippen molar-refractivity contribution < 1.29 is 23.5 Å². The Kier molecular flexibility index (Phi) is 5.00. The van der Waals surface area contributed by atoms with E-state index < -0.39 is 0 Å². The predicted molar refractivity (Wildman–Crippen MR) is 96.6 cm³/mol. The van der Waals surface area contributed by atoms with Gasteiger partial charge in [0.15, 0.2) is 17.3 Å². The molecule has 0 radical (unpaired) electrons. The van der Waals surface area contributed by atoms with Crippen LogP contribution in [0.3, 0.4) is 0 Å². The maximum absolute atomic E-state index is 12.6. The van der Waals surface area contributed by atoms with Crippen LogP contribution >= 0.6 is 0 Å². The molecule has 0 spiro atoms. The van der Waals surface area contributed by atoms with E-state index in [1.807, 2.05) is 18.2 Å². The molecular weight excluding hydrogens is 348 g/mol. The van der Waals surface area contributed by atoms with Gasteiger partial charge in [-0.25, -0.2) is 0 Å². The summed E-state index contributed by atoms with van der Waals surface area (Å²) in [5.41, 5.74) is 0.951. The second-order valence-electron chi connectivity index (χ2n) is 6.76. The monoisotopic (exact) mass is 370 g/mol. The van der Waals surface area contributed by atoms with Crippen LogP contribution in [0.15, 0.2) is 41.0 Å². The molecule has 1 aromatic carbocycles. The first-order chi connectivity index (χ1) is 13.2. The lowest BCUT2D eigenvalue weighted by molar-refractivity contribution is -0.126. The lowest BCUT2D eigenvalue weighted by Gasteiger charge is -2.31. The number of piperidine rings is 1. The molecule has 7 nitrogen and oxygen atoms in total. The Labute approximate surface area is 157 Å². The molecule has 1 saturated heterocycles. The molecule has 2 aliphatic rings. The van der Waals surface area contributed by atoms with E-state index in [1.54, 1.807) is 17.0 Å². The van der Waals surface area contributed by atoms with E-state index in [4.69, 9.17) is 13.9 Å². The number of ether oxygens (including phenoxy) is 2. The molecule has 2 aliphatic heterocycles. The molecule has 1 fully saturated rings. The topological polar surface area (TPSA) is 81.0 Å². The number of nitrogens with one attached hydrogen (secondary N) is 1. The molecule has 1 N–H and O–H groups in total. The van der Waals surface area contributed by atoms with Gasteiger partial charge in [0.2, 0.25) is 5.91 Å². The number of hydrogen-bond donors (Lipinski definition) is 1. The number of nitrogens with zero attached hydrogens (tertiary/aromatic N) is 1. The number of carbonyl (C=O) groups is 2. The summed E-state index contributed by atoms with van der Waals surface area (Å²) < 4.78 is 16.3. The largest absolute Gasteiger partial charge is 0.486 e. The Hall–Kier alpha value is -2.96. The van der Waals surface area contributed by atoms with Crippen molar-refractivity contribution in [3.05, 3.63) is 47.9 Å². The van der Waals surface area contributed by atoms with E-state index in [2.05, 4.69) is 5.32 Å². The van der Waals surface area contributed by atoms with Crippen molar-refractivity contribution >= 4 is 11.8 Å². The van der Waals surface area contributed by atoms with E-state index in [1.165, 1.54) is 6.26 Å². The summed E-state index contributed by atoms with van der Waals surface area (Å²) in [5.74, 6) is 1.34. The van der Waals surface area contributed by atoms with Gasteiger partial charge in [0.25, 0.3) is 5.91 Å². The molecule has 2 amide bonds. The zero-order valence-corrected chi connectivity index (χ0v) is 15.0. The molecule has 2 aromatic rings. The molecule has 1 aromatic heterocycles. The Morgan fingerprint density at radius 3 is 2.81 bits per heavy atom. The van der Waals surface area contributed by atoms with Gasteiger partial charge >= 0.3 is 0 Å². The standard InChI is InChI=1S/C20H22N2O5/c23-19(21-12-14-5-6-16-18(11-14)27-10-9-26-16)15-3-1-7-22(13-15)20(24)17-4-2-8-25-17/h2,4-6,8,11,15H,1,3,7,9-10,12-13H2,(H,21,23). The maximum atomic E-state index is 12.6. The summed E-state index contributed by atoms with van der Waals surface area (Å²) >= 11 is 0. The molecule has 0 saturated carbocycles. The number of likely N-dealkylation sites (tertiary alicyclic amines) is 1. The molecule has 3 heterocycles. The normalized spacial score (nSPS) is 18.8. The van der Waals surface area contributed by atoms with Crippen LogP contribution < -0.4 is 14.8 Å². The zero-order chi connectivity index (χ0) is 18.6. The number of amides is 2. The van der Waals surface area contributed by atoms with Crippen LogP contribution in [-0.2, 0) is 11.3 Å². The van der Waals surface area contributed by atoms with E-state index in [-0.39, 0.29) is 17.7 Å². The number of carbonyl (C=O) groups excluding carboxylic acids is 2. The molecule has 142 valence electrons. The second-order valence-corrected chi connectivity index (χ2v) is 6.76. The minimum atomic E-state index is -0.213. The molecule has 1 atom stereocenters. The number of rotatable bonds is 4. The third kappa shape index (κ3) is 3.92. The first kappa shape index (κ1) is 17.5. The minimum Gasteiger partial charge on any atom is -0.486 e. The third-order valence-electron chi connectivity index (χ3n) is 4.88. The first-order valence-electron chi connectivity index (χ1n) is 9.20. The minimum absolute atomic E-state index is 0.0400. The summed E-state index contributed by atoms with van der Waals surface area (Å²) in [4.78, 5) is 26.7. The Bertz CT molecular complexity index is 818. The van der Waals surface area contributed by atoms with Gasteiger partial charge in [-0.2, -0.15) is 0 Å². The van der Waals surface area contributed by atoms with Crippen molar-refractivity contribution in [1.82, 2.24) is 10.2 Å². The number of fused-ring (bicyclic) bond motifs is 1. The van der Waals surface area contributed by atoms with Gasteiger partial charge in [0.05, 0.1) is 12.2 Å². The number of hydrogen-bond acceptors (Lipinski definition) is 5. The highest BCUT2D eigenvalue weighted by Gasteiger charge is 2.29.